The first-order valence-corrected chi connectivity index (χ1v) is 2.08. The molecule has 0 saturated carbocycles. The Bertz CT molecular complexity index is 145. The third-order valence-electron chi connectivity index (χ3n) is 0.623. The van der Waals surface area contributed by atoms with Crippen molar-refractivity contribution in [1.29, 1.82) is 0 Å². The zero-order valence-corrected chi connectivity index (χ0v) is 4.27. The van der Waals surface area contributed by atoms with Gasteiger partial charge in [0.15, 0.2) is 0 Å². The summed E-state index contributed by atoms with van der Waals surface area (Å²) in [6.45, 7) is 0. The highest BCUT2D eigenvalue weighted by Crippen LogP contribution is 1.88. The first-order chi connectivity index (χ1) is 4.29. The lowest BCUT2D eigenvalue weighted by molar-refractivity contribution is -0.810. The predicted molar refractivity (Wildman–Crippen MR) is 25.3 cm³/mol. The van der Waals surface area contributed by atoms with Crippen LogP contribution in [0.15, 0.2) is 12.4 Å². The smallest absolute Gasteiger partial charge is 0.308 e. The Morgan fingerprint density at radius 3 is 3.00 bits per heavy atom. The van der Waals surface area contributed by atoms with Gasteiger partial charge in [0, 0.05) is 6.20 Å². The van der Waals surface area contributed by atoms with E-state index in [4.69, 9.17) is 0 Å². The topological polar surface area (TPSA) is 79.7 Å². The molecule has 0 aromatic carbocycles. The van der Waals surface area contributed by atoms with Crippen molar-refractivity contribution in [3.8, 4) is 0 Å². The van der Waals surface area contributed by atoms with Crippen LogP contribution in [0.1, 0.15) is 0 Å². The molecule has 0 radical (unpaired) electrons. The quantitative estimate of drug-likeness (QED) is 0.367. The third kappa shape index (κ3) is 1.46. The van der Waals surface area contributed by atoms with Gasteiger partial charge in [0.25, 0.3) is 0 Å². The summed E-state index contributed by atoms with van der Waals surface area (Å²) in [5.41, 5.74) is 4.74. The number of hydrazine groups is 2. The molecule has 0 bridgehead atoms. The highest BCUT2D eigenvalue weighted by molar-refractivity contribution is 4.77. The van der Waals surface area contributed by atoms with Crippen molar-refractivity contribution in [3.05, 3.63) is 22.5 Å². The molecule has 50 valence electrons. The lowest BCUT2D eigenvalue weighted by Gasteiger charge is -2.08. The fourth-order valence-corrected chi connectivity index (χ4v) is 0.363. The van der Waals surface area contributed by atoms with Crippen LogP contribution in [0.5, 0.6) is 0 Å². The van der Waals surface area contributed by atoms with Crippen molar-refractivity contribution in [1.82, 2.24) is 16.1 Å². The summed E-state index contributed by atoms with van der Waals surface area (Å²) in [4.78, 5) is 13.5. The molecule has 0 spiro atoms. The SMILES string of the molecule is O=[N+]([O-])ON1C=CNN1. The molecule has 0 amide bonds. The summed E-state index contributed by atoms with van der Waals surface area (Å²) in [5.74, 6) is 0. The molecule has 0 saturated heterocycles. The number of hydroxylamine groups is 1. The summed E-state index contributed by atoms with van der Waals surface area (Å²) < 4.78 is 0. The van der Waals surface area contributed by atoms with Gasteiger partial charge in [-0.05, 0) is 0 Å². The monoisotopic (exact) mass is 132 g/mol. The fourth-order valence-electron chi connectivity index (χ4n) is 0.363. The molecule has 1 heterocycles. The van der Waals surface area contributed by atoms with Crippen LogP contribution in [0, 0.1) is 10.1 Å². The zero-order chi connectivity index (χ0) is 6.69. The van der Waals surface area contributed by atoms with E-state index >= 15 is 0 Å². The maximum Gasteiger partial charge on any atom is 0.318 e. The second-order valence-corrected chi connectivity index (χ2v) is 1.20. The molecule has 1 aliphatic rings. The van der Waals surface area contributed by atoms with Gasteiger partial charge in [0.2, 0.25) is 0 Å². The van der Waals surface area contributed by atoms with Gasteiger partial charge in [-0.1, -0.05) is 0 Å². The van der Waals surface area contributed by atoms with Crippen LogP contribution in [0.3, 0.4) is 0 Å². The van der Waals surface area contributed by atoms with Gasteiger partial charge < -0.3 is 5.43 Å². The van der Waals surface area contributed by atoms with Crippen LogP contribution in [0.4, 0.5) is 0 Å². The fraction of sp³-hybridized carbons (Fsp3) is 0. The average Bonchev–Trinajstić information content (AvgIpc) is 2.15. The molecule has 0 aromatic heterocycles. The normalized spacial score (nSPS) is 15.3. The van der Waals surface area contributed by atoms with Gasteiger partial charge in [-0.25, -0.2) is 0 Å². The number of hydrogen-bond donors (Lipinski definition) is 2. The Hall–Kier alpha value is -1.50. The molecule has 7 nitrogen and oxygen atoms in total. The van der Waals surface area contributed by atoms with E-state index in [-0.39, 0.29) is 0 Å². The van der Waals surface area contributed by atoms with Crippen molar-refractivity contribution in [2.75, 3.05) is 0 Å². The molecule has 0 aliphatic carbocycles. The number of nitrogens with zero attached hydrogens (tertiary/aromatic N) is 2. The highest BCUT2D eigenvalue weighted by Gasteiger charge is 2.05. The summed E-state index contributed by atoms with van der Waals surface area (Å²) >= 11 is 0. The Morgan fingerprint density at radius 2 is 2.56 bits per heavy atom. The Kier molecular flexibility index (Phi) is 1.36. The van der Waals surface area contributed by atoms with Gasteiger partial charge in [-0.2, -0.15) is 4.94 Å². The molecule has 0 aromatic rings. The van der Waals surface area contributed by atoms with Crippen molar-refractivity contribution < 1.29 is 10.0 Å². The molecular weight excluding hydrogens is 128 g/mol. The molecule has 2 N–H and O–H groups in total. The van der Waals surface area contributed by atoms with Crippen molar-refractivity contribution in [2.24, 2.45) is 0 Å². The second kappa shape index (κ2) is 2.18. The number of rotatable bonds is 2. The Labute approximate surface area is 49.9 Å². The van der Waals surface area contributed by atoms with Gasteiger partial charge in [-0.15, -0.1) is 20.8 Å². The van der Waals surface area contributed by atoms with Crippen LogP contribution in [0.25, 0.3) is 0 Å². The molecule has 7 heteroatoms. The van der Waals surface area contributed by atoms with E-state index in [0.717, 1.165) is 5.17 Å². The third-order valence-corrected chi connectivity index (χ3v) is 0.623. The largest absolute Gasteiger partial charge is 0.318 e. The van der Waals surface area contributed by atoms with Crippen LogP contribution in [0.2, 0.25) is 0 Å². The lowest BCUT2D eigenvalue weighted by Crippen LogP contribution is -2.36. The minimum absolute atomic E-state index is 0.819. The van der Waals surface area contributed by atoms with Crippen LogP contribution < -0.4 is 11.0 Å². The maximum atomic E-state index is 9.60. The van der Waals surface area contributed by atoms with Gasteiger partial charge in [0.1, 0.15) is 0 Å². The number of hydrogen-bond acceptors (Lipinski definition) is 6. The minimum Gasteiger partial charge on any atom is -0.308 e. The molecule has 0 fully saturated rings. The first-order valence-electron chi connectivity index (χ1n) is 2.08. The van der Waals surface area contributed by atoms with E-state index < -0.39 is 5.09 Å². The van der Waals surface area contributed by atoms with E-state index in [1.54, 1.807) is 0 Å². The van der Waals surface area contributed by atoms with Gasteiger partial charge >= 0.3 is 5.09 Å². The average molecular weight is 132 g/mol. The summed E-state index contributed by atoms with van der Waals surface area (Å²) in [5, 5.41) is 9.49. The lowest BCUT2D eigenvalue weighted by atomic mass is 11.0. The van der Waals surface area contributed by atoms with Gasteiger partial charge in [0.05, 0.1) is 6.20 Å². The van der Waals surface area contributed by atoms with Crippen LogP contribution in [-0.4, -0.2) is 10.3 Å². The van der Waals surface area contributed by atoms with E-state index in [0.29, 0.717) is 0 Å². The molecule has 0 atom stereocenters. The Morgan fingerprint density at radius 1 is 1.78 bits per heavy atom. The molecular formula is C2H4N4O3. The molecule has 1 rings (SSSR count). The minimum atomic E-state index is -0.926. The van der Waals surface area contributed by atoms with Crippen molar-refractivity contribution in [2.45, 2.75) is 0 Å². The highest BCUT2D eigenvalue weighted by atomic mass is 17.0. The standard InChI is InChI=1S/C2H4N4O3/c7-6(8)9-5-2-1-3-4-5/h1-4H. The second-order valence-electron chi connectivity index (χ2n) is 1.20. The Balaban J connectivity index is 2.28. The molecule has 1 aliphatic heterocycles. The van der Waals surface area contributed by atoms with E-state index in [1.165, 1.54) is 12.4 Å². The van der Waals surface area contributed by atoms with E-state index in [2.05, 4.69) is 15.9 Å². The zero-order valence-electron chi connectivity index (χ0n) is 4.27. The molecule has 0 unspecified atom stereocenters. The van der Waals surface area contributed by atoms with Crippen LogP contribution in [-0.2, 0) is 4.94 Å². The van der Waals surface area contributed by atoms with E-state index in [9.17, 15) is 10.1 Å². The van der Waals surface area contributed by atoms with E-state index in [1.807, 2.05) is 0 Å². The maximum absolute atomic E-state index is 9.60. The van der Waals surface area contributed by atoms with Crippen LogP contribution >= 0.6 is 0 Å². The molecule has 9 heavy (non-hydrogen) atoms. The summed E-state index contributed by atoms with van der Waals surface area (Å²) in [6.07, 6.45) is 2.77. The first kappa shape index (κ1) is 5.63. The van der Waals surface area contributed by atoms with Gasteiger partial charge in [-0.3, -0.25) is 0 Å². The summed E-state index contributed by atoms with van der Waals surface area (Å²) in [6, 6.07) is 0. The summed E-state index contributed by atoms with van der Waals surface area (Å²) in [7, 11) is 0. The van der Waals surface area contributed by atoms with Crippen molar-refractivity contribution in [3.63, 3.8) is 0 Å². The number of nitrogens with one attached hydrogen (secondary N) is 2. The van der Waals surface area contributed by atoms with Crippen molar-refractivity contribution >= 4 is 0 Å². The predicted octanol–water partition coefficient (Wildman–Crippen LogP) is -1.09.